The number of halogens is 1. The van der Waals surface area contributed by atoms with E-state index in [2.05, 4.69) is 10.3 Å². The van der Waals surface area contributed by atoms with Crippen molar-refractivity contribution in [2.24, 2.45) is 5.41 Å². The van der Waals surface area contributed by atoms with Crippen LogP contribution in [0, 0.1) is 15.5 Å². The fraction of sp³-hybridized carbons (Fsp3) is 0.364. The van der Waals surface area contributed by atoms with Crippen LogP contribution in [0.25, 0.3) is 0 Å². The number of carboxylic acid groups (broad SMARTS) is 1. The standard InChI is InChI=1S/C11H12ClN3O5/c1-11(2,10(17)18)5-14-9(16)6-3-8(12)13-4-7(6)15(19)20/h3-4H,5H2,1-2H3,(H,14,16)(H,17,18). The topological polar surface area (TPSA) is 122 Å². The lowest BCUT2D eigenvalue weighted by Crippen LogP contribution is -2.39. The van der Waals surface area contributed by atoms with Gasteiger partial charge in [-0.15, -0.1) is 0 Å². The third kappa shape index (κ3) is 3.64. The number of carbonyl (C=O) groups excluding carboxylic acids is 1. The van der Waals surface area contributed by atoms with E-state index in [0.717, 1.165) is 12.3 Å². The van der Waals surface area contributed by atoms with E-state index in [1.807, 2.05) is 0 Å². The Balaban J connectivity index is 2.96. The van der Waals surface area contributed by atoms with Gasteiger partial charge in [0.25, 0.3) is 11.6 Å². The lowest BCUT2D eigenvalue weighted by molar-refractivity contribution is -0.385. The molecule has 0 atom stereocenters. The number of carboxylic acids is 1. The van der Waals surface area contributed by atoms with Crippen molar-refractivity contribution in [3.63, 3.8) is 0 Å². The molecule has 20 heavy (non-hydrogen) atoms. The van der Waals surface area contributed by atoms with Crippen molar-refractivity contribution in [1.29, 1.82) is 0 Å². The van der Waals surface area contributed by atoms with Gasteiger partial charge in [0.05, 0.1) is 10.3 Å². The Morgan fingerprint density at radius 2 is 2.15 bits per heavy atom. The van der Waals surface area contributed by atoms with Crippen LogP contribution in [0.2, 0.25) is 5.15 Å². The second-order valence-corrected chi connectivity index (χ2v) is 5.04. The summed E-state index contributed by atoms with van der Waals surface area (Å²) in [6.07, 6.45) is 0.875. The Morgan fingerprint density at radius 3 is 2.65 bits per heavy atom. The summed E-state index contributed by atoms with van der Waals surface area (Å²) in [4.78, 5) is 36.4. The number of carbonyl (C=O) groups is 2. The number of amides is 1. The Hall–Kier alpha value is -2.22. The third-order valence-corrected chi connectivity index (χ3v) is 2.77. The summed E-state index contributed by atoms with van der Waals surface area (Å²) in [7, 11) is 0. The first-order chi connectivity index (χ1) is 9.15. The summed E-state index contributed by atoms with van der Waals surface area (Å²) in [6.45, 7) is 2.66. The predicted molar refractivity (Wildman–Crippen MR) is 69.7 cm³/mol. The molecule has 0 radical (unpaired) electrons. The molecule has 0 unspecified atom stereocenters. The van der Waals surface area contributed by atoms with Crippen molar-refractivity contribution in [1.82, 2.24) is 10.3 Å². The number of hydrogen-bond donors (Lipinski definition) is 2. The molecule has 0 aliphatic rings. The molecular formula is C11H12ClN3O5. The molecule has 1 aromatic rings. The molecule has 0 aliphatic heterocycles. The molecule has 0 aromatic carbocycles. The normalized spacial score (nSPS) is 10.9. The highest BCUT2D eigenvalue weighted by molar-refractivity contribution is 6.29. The number of pyridine rings is 1. The minimum atomic E-state index is -1.19. The van der Waals surface area contributed by atoms with E-state index in [1.165, 1.54) is 13.8 Å². The van der Waals surface area contributed by atoms with E-state index in [0.29, 0.717) is 0 Å². The second-order valence-electron chi connectivity index (χ2n) is 4.65. The number of hydrogen-bond acceptors (Lipinski definition) is 5. The van der Waals surface area contributed by atoms with Crippen LogP contribution >= 0.6 is 11.6 Å². The molecule has 9 heteroatoms. The molecule has 108 valence electrons. The minimum absolute atomic E-state index is 0.0711. The van der Waals surface area contributed by atoms with Gasteiger partial charge in [-0.25, -0.2) is 4.98 Å². The Bertz CT molecular complexity index is 573. The highest BCUT2D eigenvalue weighted by Crippen LogP contribution is 2.21. The molecule has 1 amide bonds. The van der Waals surface area contributed by atoms with E-state index in [4.69, 9.17) is 16.7 Å². The predicted octanol–water partition coefficient (Wildman–Crippen LogP) is 1.48. The molecule has 2 N–H and O–H groups in total. The number of nitro groups is 1. The molecule has 1 aromatic heterocycles. The highest BCUT2D eigenvalue weighted by atomic mass is 35.5. The zero-order chi connectivity index (χ0) is 15.5. The monoisotopic (exact) mass is 301 g/mol. The van der Waals surface area contributed by atoms with E-state index in [1.54, 1.807) is 0 Å². The van der Waals surface area contributed by atoms with Gasteiger partial charge in [-0.2, -0.15) is 0 Å². The smallest absolute Gasteiger partial charge is 0.310 e. The molecule has 8 nitrogen and oxygen atoms in total. The number of nitrogens with zero attached hydrogens (tertiary/aromatic N) is 2. The molecule has 1 rings (SSSR count). The average molecular weight is 302 g/mol. The Labute approximate surface area is 118 Å². The Morgan fingerprint density at radius 1 is 1.55 bits per heavy atom. The van der Waals surface area contributed by atoms with Crippen LogP contribution < -0.4 is 5.32 Å². The molecule has 0 fully saturated rings. The summed E-state index contributed by atoms with van der Waals surface area (Å²) in [5.74, 6) is -1.88. The number of nitrogens with one attached hydrogen (secondary N) is 1. The van der Waals surface area contributed by atoms with Crippen LogP contribution in [-0.2, 0) is 4.79 Å². The molecule has 0 saturated carbocycles. The summed E-state index contributed by atoms with van der Waals surface area (Å²) >= 11 is 5.60. The summed E-state index contributed by atoms with van der Waals surface area (Å²) in [5.41, 5.74) is -1.96. The first kappa shape index (κ1) is 15.8. The van der Waals surface area contributed by atoms with Gasteiger partial charge in [0.1, 0.15) is 16.9 Å². The fourth-order valence-corrected chi connectivity index (χ4v) is 1.38. The second kappa shape index (κ2) is 5.83. The first-order valence-electron chi connectivity index (χ1n) is 5.46. The third-order valence-electron chi connectivity index (χ3n) is 2.56. The van der Waals surface area contributed by atoms with Crippen molar-refractivity contribution in [2.75, 3.05) is 6.54 Å². The number of aromatic nitrogens is 1. The van der Waals surface area contributed by atoms with Crippen molar-refractivity contribution < 1.29 is 19.6 Å². The van der Waals surface area contributed by atoms with Gasteiger partial charge in [-0.1, -0.05) is 11.6 Å². The molecule has 1 heterocycles. The van der Waals surface area contributed by atoms with Crippen molar-refractivity contribution in [2.45, 2.75) is 13.8 Å². The minimum Gasteiger partial charge on any atom is -0.481 e. The largest absolute Gasteiger partial charge is 0.481 e. The van der Waals surface area contributed by atoms with Crippen LogP contribution in [0.4, 0.5) is 5.69 Å². The van der Waals surface area contributed by atoms with Gasteiger partial charge in [-0.3, -0.25) is 19.7 Å². The van der Waals surface area contributed by atoms with Crippen LogP contribution in [0.3, 0.4) is 0 Å². The number of aliphatic carboxylic acids is 1. The Kier molecular flexibility index (Phi) is 4.61. The van der Waals surface area contributed by atoms with Gasteiger partial charge >= 0.3 is 5.97 Å². The lowest BCUT2D eigenvalue weighted by Gasteiger charge is -2.19. The van der Waals surface area contributed by atoms with Crippen LogP contribution in [0.1, 0.15) is 24.2 Å². The summed E-state index contributed by atoms with van der Waals surface area (Å²) < 4.78 is 0. The summed E-state index contributed by atoms with van der Waals surface area (Å²) in [5, 5.41) is 22.0. The van der Waals surface area contributed by atoms with E-state index in [9.17, 15) is 19.7 Å². The maximum Gasteiger partial charge on any atom is 0.310 e. The molecule has 0 bridgehead atoms. The van der Waals surface area contributed by atoms with Crippen LogP contribution in [-0.4, -0.2) is 33.4 Å². The number of rotatable bonds is 5. The van der Waals surface area contributed by atoms with E-state index >= 15 is 0 Å². The maximum atomic E-state index is 11.9. The van der Waals surface area contributed by atoms with Gasteiger partial charge in [0.2, 0.25) is 0 Å². The van der Waals surface area contributed by atoms with Gasteiger partial charge < -0.3 is 10.4 Å². The molecule has 0 spiro atoms. The SMILES string of the molecule is CC(C)(CNC(=O)c1cc(Cl)ncc1[N+](=O)[O-])C(=O)O. The zero-order valence-electron chi connectivity index (χ0n) is 10.7. The average Bonchev–Trinajstić information content (AvgIpc) is 2.35. The van der Waals surface area contributed by atoms with Crippen LogP contribution in [0.5, 0.6) is 0 Å². The fourth-order valence-electron chi connectivity index (χ4n) is 1.22. The van der Waals surface area contributed by atoms with Crippen molar-refractivity contribution in [3.05, 3.63) is 33.1 Å². The quantitative estimate of drug-likeness (QED) is 0.482. The van der Waals surface area contributed by atoms with Gasteiger partial charge in [0, 0.05) is 6.54 Å². The van der Waals surface area contributed by atoms with E-state index < -0.39 is 27.9 Å². The molecular weight excluding hydrogens is 290 g/mol. The molecule has 0 aliphatic carbocycles. The van der Waals surface area contributed by atoms with Gasteiger partial charge in [-0.05, 0) is 19.9 Å². The highest BCUT2D eigenvalue weighted by Gasteiger charge is 2.29. The van der Waals surface area contributed by atoms with Crippen molar-refractivity contribution in [3.8, 4) is 0 Å². The van der Waals surface area contributed by atoms with E-state index in [-0.39, 0.29) is 17.3 Å². The van der Waals surface area contributed by atoms with Gasteiger partial charge in [0.15, 0.2) is 0 Å². The lowest BCUT2D eigenvalue weighted by atomic mass is 9.94. The van der Waals surface area contributed by atoms with Crippen molar-refractivity contribution >= 4 is 29.2 Å². The summed E-state index contributed by atoms with van der Waals surface area (Å²) in [6, 6.07) is 1.06. The first-order valence-corrected chi connectivity index (χ1v) is 5.84. The maximum absolute atomic E-state index is 11.9. The van der Waals surface area contributed by atoms with Crippen LogP contribution in [0.15, 0.2) is 12.3 Å². The molecule has 0 saturated heterocycles. The zero-order valence-corrected chi connectivity index (χ0v) is 11.5.